The van der Waals surface area contributed by atoms with E-state index in [-0.39, 0.29) is 24.0 Å². The predicted molar refractivity (Wildman–Crippen MR) is 106 cm³/mol. The van der Waals surface area contributed by atoms with Crippen LogP contribution in [-0.2, 0) is 20.7 Å². The van der Waals surface area contributed by atoms with Crippen LogP contribution in [0, 0.1) is 12.8 Å². The molecule has 0 saturated carbocycles. The molecule has 9 nitrogen and oxygen atoms in total. The Kier molecular flexibility index (Phi) is 5.42. The number of nitrogens with one attached hydrogen (secondary N) is 1. The maximum atomic E-state index is 13.0. The standard InChI is InChI=1S/C20H21N3O6S/c1-10-12(5-7-29-10)17(25)22-20-21-13-8-11(9-15(24)16(13)30-20)18(26)23-6-3-4-14(23)19(27)28-2/h5,7,11,14H,3-4,6,8-9H2,1-2H3,(H,21,22,25)/t11-,14-/m0/s1. The van der Waals surface area contributed by atoms with Gasteiger partial charge in [0.1, 0.15) is 11.8 Å². The van der Waals surface area contributed by atoms with Crippen molar-refractivity contribution in [1.82, 2.24) is 9.88 Å². The number of carbonyl (C=O) groups excluding carboxylic acids is 4. The van der Waals surface area contributed by atoms with E-state index in [9.17, 15) is 19.2 Å². The minimum absolute atomic E-state index is 0.0621. The molecule has 2 aliphatic rings. The molecule has 1 N–H and O–H groups in total. The Morgan fingerprint density at radius 1 is 1.33 bits per heavy atom. The summed E-state index contributed by atoms with van der Waals surface area (Å²) in [6, 6.07) is 0.966. The van der Waals surface area contributed by atoms with E-state index in [1.165, 1.54) is 18.3 Å². The number of aryl methyl sites for hydroxylation is 1. The van der Waals surface area contributed by atoms with E-state index in [2.05, 4.69) is 10.3 Å². The number of ether oxygens (including phenoxy) is 1. The molecule has 0 unspecified atom stereocenters. The van der Waals surface area contributed by atoms with Gasteiger partial charge in [-0.2, -0.15) is 0 Å². The van der Waals surface area contributed by atoms with E-state index in [4.69, 9.17) is 9.15 Å². The number of anilines is 1. The topological polar surface area (TPSA) is 119 Å². The van der Waals surface area contributed by atoms with Crippen LogP contribution in [0.5, 0.6) is 0 Å². The van der Waals surface area contributed by atoms with Gasteiger partial charge in [0, 0.05) is 19.4 Å². The monoisotopic (exact) mass is 431 g/mol. The maximum absolute atomic E-state index is 13.0. The number of hydrogen-bond acceptors (Lipinski definition) is 8. The molecule has 1 saturated heterocycles. The van der Waals surface area contributed by atoms with Gasteiger partial charge < -0.3 is 14.1 Å². The van der Waals surface area contributed by atoms with Gasteiger partial charge in [0.05, 0.1) is 35.4 Å². The number of thiazole rings is 1. The second kappa shape index (κ2) is 8.02. The van der Waals surface area contributed by atoms with Crippen LogP contribution in [0.4, 0.5) is 5.13 Å². The lowest BCUT2D eigenvalue weighted by atomic mass is 9.88. The van der Waals surface area contributed by atoms with Gasteiger partial charge in [-0.15, -0.1) is 0 Å². The quantitative estimate of drug-likeness (QED) is 0.737. The number of ketones is 1. The number of Topliss-reactive ketones (excluding diaryl/α,β-unsaturated/α-hetero) is 1. The fraction of sp³-hybridized carbons (Fsp3) is 0.450. The molecule has 2 aromatic heterocycles. The molecule has 2 amide bonds. The summed E-state index contributed by atoms with van der Waals surface area (Å²) in [5, 5.41) is 3.00. The Balaban J connectivity index is 1.49. The number of fused-ring (bicyclic) bond motifs is 1. The zero-order valence-electron chi connectivity index (χ0n) is 16.6. The van der Waals surface area contributed by atoms with Crippen molar-refractivity contribution < 1.29 is 28.3 Å². The SMILES string of the molecule is COC(=O)[C@@H]1CCCN1C(=O)[C@@H]1CC(=O)c2sc(NC(=O)c3ccoc3C)nc2C1. The predicted octanol–water partition coefficient (Wildman–Crippen LogP) is 2.21. The molecule has 2 aromatic rings. The molecule has 1 aliphatic heterocycles. The Morgan fingerprint density at radius 2 is 2.13 bits per heavy atom. The highest BCUT2D eigenvalue weighted by atomic mass is 32.1. The van der Waals surface area contributed by atoms with Crippen molar-refractivity contribution in [1.29, 1.82) is 0 Å². The number of methoxy groups -OCH3 is 1. The van der Waals surface area contributed by atoms with Crippen molar-refractivity contribution in [2.24, 2.45) is 5.92 Å². The third-order valence-corrected chi connectivity index (χ3v) is 6.56. The average molecular weight is 431 g/mol. The Hall–Kier alpha value is -3.01. The summed E-state index contributed by atoms with van der Waals surface area (Å²) >= 11 is 1.11. The van der Waals surface area contributed by atoms with Gasteiger partial charge in [-0.25, -0.2) is 9.78 Å². The number of furan rings is 1. The number of hydrogen-bond donors (Lipinski definition) is 1. The largest absolute Gasteiger partial charge is 0.469 e. The van der Waals surface area contributed by atoms with E-state index in [0.29, 0.717) is 46.4 Å². The molecule has 1 fully saturated rings. The van der Waals surface area contributed by atoms with Crippen molar-refractivity contribution >= 4 is 40.0 Å². The van der Waals surface area contributed by atoms with Crippen molar-refractivity contribution in [3.05, 3.63) is 34.2 Å². The Morgan fingerprint density at radius 3 is 2.83 bits per heavy atom. The second-order valence-corrected chi connectivity index (χ2v) is 8.38. The highest BCUT2D eigenvalue weighted by Gasteiger charge is 2.41. The molecule has 30 heavy (non-hydrogen) atoms. The molecule has 3 heterocycles. The fourth-order valence-corrected chi connectivity index (χ4v) is 4.93. The molecule has 0 spiro atoms. The Bertz CT molecular complexity index is 1030. The van der Waals surface area contributed by atoms with Crippen LogP contribution in [0.3, 0.4) is 0 Å². The third kappa shape index (κ3) is 3.62. The van der Waals surface area contributed by atoms with Crippen LogP contribution in [0.2, 0.25) is 0 Å². The minimum Gasteiger partial charge on any atom is -0.469 e. The van der Waals surface area contributed by atoms with Gasteiger partial charge in [0.15, 0.2) is 10.9 Å². The highest BCUT2D eigenvalue weighted by Crippen LogP contribution is 2.34. The summed E-state index contributed by atoms with van der Waals surface area (Å²) in [5.74, 6) is -1.30. The van der Waals surface area contributed by atoms with Crippen molar-refractivity contribution in [2.45, 2.75) is 38.6 Å². The van der Waals surface area contributed by atoms with Crippen LogP contribution in [0.15, 0.2) is 16.7 Å². The number of likely N-dealkylation sites (tertiary alicyclic amines) is 1. The highest BCUT2D eigenvalue weighted by molar-refractivity contribution is 7.17. The summed E-state index contributed by atoms with van der Waals surface area (Å²) in [6.45, 7) is 2.15. The van der Waals surface area contributed by atoms with Crippen LogP contribution in [-0.4, -0.2) is 53.1 Å². The number of aromatic nitrogens is 1. The lowest BCUT2D eigenvalue weighted by Crippen LogP contribution is -2.45. The first-order valence-corrected chi connectivity index (χ1v) is 10.5. The van der Waals surface area contributed by atoms with Gasteiger partial charge in [0.2, 0.25) is 5.91 Å². The summed E-state index contributed by atoms with van der Waals surface area (Å²) < 4.78 is 9.94. The van der Waals surface area contributed by atoms with Gasteiger partial charge in [-0.3, -0.25) is 19.7 Å². The van der Waals surface area contributed by atoms with Crippen LogP contribution in [0.25, 0.3) is 0 Å². The lowest BCUT2D eigenvalue weighted by molar-refractivity contribution is -0.152. The van der Waals surface area contributed by atoms with E-state index in [0.717, 1.165) is 17.8 Å². The van der Waals surface area contributed by atoms with Gasteiger partial charge in [0.25, 0.3) is 5.91 Å². The van der Waals surface area contributed by atoms with E-state index in [1.54, 1.807) is 13.0 Å². The summed E-state index contributed by atoms with van der Waals surface area (Å²) in [6.07, 6.45) is 3.06. The van der Waals surface area contributed by atoms with Gasteiger partial charge in [-0.05, 0) is 25.8 Å². The van der Waals surface area contributed by atoms with E-state index >= 15 is 0 Å². The van der Waals surface area contributed by atoms with E-state index in [1.807, 2.05) is 0 Å². The first-order chi connectivity index (χ1) is 14.4. The zero-order valence-corrected chi connectivity index (χ0v) is 17.4. The van der Waals surface area contributed by atoms with Crippen LogP contribution >= 0.6 is 11.3 Å². The fourth-order valence-electron chi connectivity index (χ4n) is 3.99. The average Bonchev–Trinajstić information content (AvgIpc) is 3.45. The number of esters is 1. The van der Waals surface area contributed by atoms with Crippen molar-refractivity contribution in [2.75, 3.05) is 19.0 Å². The van der Waals surface area contributed by atoms with Gasteiger partial charge in [-0.1, -0.05) is 11.3 Å². The first-order valence-electron chi connectivity index (χ1n) is 9.65. The molecular formula is C20H21N3O6S. The number of rotatable bonds is 4. The summed E-state index contributed by atoms with van der Waals surface area (Å²) in [5.41, 5.74) is 0.896. The molecule has 0 radical (unpaired) electrons. The molecule has 1 aliphatic carbocycles. The number of amides is 2. The van der Waals surface area contributed by atoms with Gasteiger partial charge >= 0.3 is 5.97 Å². The molecule has 2 atom stereocenters. The molecule has 0 aromatic carbocycles. The smallest absolute Gasteiger partial charge is 0.328 e. The maximum Gasteiger partial charge on any atom is 0.328 e. The molecule has 158 valence electrons. The van der Waals surface area contributed by atoms with Crippen molar-refractivity contribution in [3.63, 3.8) is 0 Å². The van der Waals surface area contributed by atoms with Crippen LogP contribution < -0.4 is 5.32 Å². The lowest BCUT2D eigenvalue weighted by Gasteiger charge is -2.28. The van der Waals surface area contributed by atoms with Crippen LogP contribution in [0.1, 0.15) is 50.7 Å². The number of carbonyl (C=O) groups is 4. The molecule has 0 bridgehead atoms. The number of nitrogens with zero attached hydrogens (tertiary/aromatic N) is 2. The third-order valence-electron chi connectivity index (χ3n) is 5.50. The molecule has 4 rings (SSSR count). The first kappa shape index (κ1) is 20.3. The van der Waals surface area contributed by atoms with Crippen molar-refractivity contribution in [3.8, 4) is 0 Å². The zero-order chi connectivity index (χ0) is 21.4. The summed E-state index contributed by atoms with van der Waals surface area (Å²) in [4.78, 5) is 56.4. The normalized spacial score (nSPS) is 20.7. The summed E-state index contributed by atoms with van der Waals surface area (Å²) in [7, 11) is 1.30. The Labute approximate surface area is 176 Å². The minimum atomic E-state index is -0.595. The van der Waals surface area contributed by atoms with E-state index < -0.39 is 17.9 Å². The molecular weight excluding hydrogens is 410 g/mol. The second-order valence-electron chi connectivity index (χ2n) is 7.38. The molecule has 10 heteroatoms.